The van der Waals surface area contributed by atoms with Gasteiger partial charge in [0.2, 0.25) is 15.9 Å². The molecule has 0 aliphatic rings. The van der Waals surface area contributed by atoms with E-state index in [1.165, 1.54) is 15.6 Å². The van der Waals surface area contributed by atoms with Crippen molar-refractivity contribution in [3.8, 4) is 11.3 Å². The summed E-state index contributed by atoms with van der Waals surface area (Å²) >= 11 is 1.41. The molecule has 0 radical (unpaired) electrons. The van der Waals surface area contributed by atoms with Crippen molar-refractivity contribution >= 4 is 33.0 Å². The molecule has 30 heavy (non-hydrogen) atoms. The van der Waals surface area contributed by atoms with Crippen LogP contribution >= 0.6 is 11.3 Å². The zero-order chi connectivity index (χ0) is 21.7. The molecule has 8 heteroatoms. The first-order valence-electron chi connectivity index (χ1n) is 9.75. The first kappa shape index (κ1) is 22.1. The van der Waals surface area contributed by atoms with Gasteiger partial charge in [-0.2, -0.15) is 4.31 Å². The SMILES string of the molecule is CCN(CC)S(=O)(=O)c1ccc(-c2csc(CC(=O)Nc3ccccc3C)n2)cc1. The molecule has 0 bridgehead atoms. The smallest absolute Gasteiger partial charge is 0.243 e. The van der Waals surface area contributed by atoms with Crippen LogP contribution in [0.25, 0.3) is 11.3 Å². The van der Waals surface area contributed by atoms with Crippen molar-refractivity contribution in [1.82, 2.24) is 9.29 Å². The van der Waals surface area contributed by atoms with E-state index in [1.54, 1.807) is 24.3 Å². The number of benzene rings is 2. The minimum Gasteiger partial charge on any atom is -0.325 e. The fourth-order valence-electron chi connectivity index (χ4n) is 3.08. The van der Waals surface area contributed by atoms with E-state index in [-0.39, 0.29) is 17.2 Å². The van der Waals surface area contributed by atoms with Gasteiger partial charge in [0.05, 0.1) is 17.0 Å². The molecule has 0 aliphatic heterocycles. The van der Waals surface area contributed by atoms with E-state index in [0.717, 1.165) is 22.5 Å². The fraction of sp³-hybridized carbons (Fsp3) is 0.273. The van der Waals surface area contributed by atoms with E-state index in [4.69, 9.17) is 0 Å². The Morgan fingerprint density at radius 1 is 1.07 bits per heavy atom. The molecule has 3 aromatic rings. The summed E-state index contributed by atoms with van der Waals surface area (Å²) in [5, 5.41) is 5.49. The standard InChI is InChI=1S/C22H25N3O3S2/c1-4-25(5-2)30(27,28)18-12-10-17(11-13-18)20-15-29-22(24-20)14-21(26)23-19-9-7-6-8-16(19)3/h6-13,15H,4-5,14H2,1-3H3,(H,23,26). The topological polar surface area (TPSA) is 79.4 Å². The van der Waals surface area contributed by atoms with Gasteiger partial charge in [-0.1, -0.05) is 44.2 Å². The molecule has 1 amide bonds. The average Bonchev–Trinajstić information content (AvgIpc) is 3.19. The number of hydrogen-bond acceptors (Lipinski definition) is 5. The van der Waals surface area contributed by atoms with E-state index in [0.29, 0.717) is 18.1 Å². The highest BCUT2D eigenvalue weighted by Gasteiger charge is 2.21. The van der Waals surface area contributed by atoms with Crippen molar-refractivity contribution in [3.05, 3.63) is 64.5 Å². The second-order valence-corrected chi connectivity index (χ2v) is 9.66. The number of amides is 1. The second kappa shape index (κ2) is 9.51. The number of thiazole rings is 1. The maximum atomic E-state index is 12.6. The molecule has 0 fully saturated rings. The Kier molecular flexibility index (Phi) is 7.02. The molecule has 3 rings (SSSR count). The molecule has 6 nitrogen and oxygen atoms in total. The first-order valence-corrected chi connectivity index (χ1v) is 12.1. The lowest BCUT2D eigenvalue weighted by molar-refractivity contribution is -0.115. The molecule has 0 saturated heterocycles. The van der Waals surface area contributed by atoms with Crippen LogP contribution in [0.4, 0.5) is 5.69 Å². The van der Waals surface area contributed by atoms with Crippen LogP contribution in [0.1, 0.15) is 24.4 Å². The van der Waals surface area contributed by atoms with Crippen molar-refractivity contribution in [3.63, 3.8) is 0 Å². The molecule has 1 heterocycles. The van der Waals surface area contributed by atoms with Crippen molar-refractivity contribution in [1.29, 1.82) is 0 Å². The Morgan fingerprint density at radius 2 is 1.73 bits per heavy atom. The lowest BCUT2D eigenvalue weighted by atomic mass is 10.2. The van der Waals surface area contributed by atoms with Gasteiger partial charge < -0.3 is 5.32 Å². The highest BCUT2D eigenvalue weighted by atomic mass is 32.2. The summed E-state index contributed by atoms with van der Waals surface area (Å²) in [5.41, 5.74) is 3.34. The van der Waals surface area contributed by atoms with Crippen LogP contribution in [0, 0.1) is 6.92 Å². The van der Waals surface area contributed by atoms with Crippen LogP contribution in [0.2, 0.25) is 0 Å². The number of aryl methyl sites for hydroxylation is 1. The highest BCUT2D eigenvalue weighted by molar-refractivity contribution is 7.89. The quantitative estimate of drug-likeness (QED) is 0.562. The molecule has 0 atom stereocenters. The molecule has 0 unspecified atom stereocenters. The van der Waals surface area contributed by atoms with Crippen molar-refractivity contribution < 1.29 is 13.2 Å². The Labute approximate surface area is 181 Å². The molecule has 0 spiro atoms. The number of anilines is 1. The molecular weight excluding hydrogens is 418 g/mol. The minimum atomic E-state index is -3.48. The zero-order valence-corrected chi connectivity index (χ0v) is 18.9. The Hall–Kier alpha value is -2.55. The molecular formula is C22H25N3O3S2. The van der Waals surface area contributed by atoms with Crippen LogP contribution in [0.15, 0.2) is 58.8 Å². The monoisotopic (exact) mass is 443 g/mol. The van der Waals surface area contributed by atoms with Gasteiger partial charge in [0.15, 0.2) is 0 Å². The maximum Gasteiger partial charge on any atom is 0.243 e. The van der Waals surface area contributed by atoms with Crippen LogP contribution in [0.5, 0.6) is 0 Å². The molecule has 2 aromatic carbocycles. The maximum absolute atomic E-state index is 12.6. The van der Waals surface area contributed by atoms with Gasteiger partial charge in [-0.05, 0) is 30.7 Å². The number of rotatable bonds is 8. The highest BCUT2D eigenvalue weighted by Crippen LogP contribution is 2.25. The predicted molar refractivity (Wildman–Crippen MR) is 121 cm³/mol. The summed E-state index contributed by atoms with van der Waals surface area (Å²) < 4.78 is 26.6. The predicted octanol–water partition coefficient (Wildman–Crippen LogP) is 4.33. The molecule has 0 aliphatic carbocycles. The summed E-state index contributed by atoms with van der Waals surface area (Å²) in [6, 6.07) is 14.3. The summed E-state index contributed by atoms with van der Waals surface area (Å²) in [4.78, 5) is 17.1. The minimum absolute atomic E-state index is 0.120. The van der Waals surface area contributed by atoms with E-state index < -0.39 is 10.0 Å². The number of carbonyl (C=O) groups is 1. The van der Waals surface area contributed by atoms with Crippen LogP contribution in [-0.4, -0.2) is 36.7 Å². The normalized spacial score (nSPS) is 11.6. The van der Waals surface area contributed by atoms with Crippen molar-refractivity contribution in [2.24, 2.45) is 0 Å². The second-order valence-electron chi connectivity index (χ2n) is 6.78. The van der Waals surface area contributed by atoms with Crippen LogP contribution < -0.4 is 5.32 Å². The molecule has 1 N–H and O–H groups in total. The van der Waals surface area contributed by atoms with Gasteiger partial charge in [-0.3, -0.25) is 4.79 Å². The third kappa shape index (κ3) is 4.95. The number of para-hydroxylation sites is 1. The number of nitrogens with zero attached hydrogens (tertiary/aromatic N) is 2. The fourth-order valence-corrected chi connectivity index (χ4v) is 5.34. The van der Waals surface area contributed by atoms with Gasteiger partial charge in [0.25, 0.3) is 0 Å². The molecule has 1 aromatic heterocycles. The average molecular weight is 444 g/mol. The summed E-state index contributed by atoms with van der Waals surface area (Å²) in [6.07, 6.45) is 0.188. The Balaban J connectivity index is 1.70. The van der Waals surface area contributed by atoms with Crippen LogP contribution in [0.3, 0.4) is 0 Å². The van der Waals surface area contributed by atoms with Crippen molar-refractivity contribution in [2.45, 2.75) is 32.1 Å². The van der Waals surface area contributed by atoms with Gasteiger partial charge in [0.1, 0.15) is 5.01 Å². The van der Waals surface area contributed by atoms with Gasteiger partial charge >= 0.3 is 0 Å². The number of aromatic nitrogens is 1. The number of sulfonamides is 1. The largest absolute Gasteiger partial charge is 0.325 e. The van der Waals surface area contributed by atoms with Gasteiger partial charge in [0, 0.05) is 29.7 Å². The van der Waals surface area contributed by atoms with Crippen molar-refractivity contribution in [2.75, 3.05) is 18.4 Å². The van der Waals surface area contributed by atoms with Gasteiger partial charge in [-0.15, -0.1) is 11.3 Å². The van der Waals surface area contributed by atoms with E-state index in [1.807, 2.05) is 50.4 Å². The third-order valence-electron chi connectivity index (χ3n) is 4.78. The molecule has 0 saturated carbocycles. The number of nitrogens with one attached hydrogen (secondary N) is 1. The van der Waals surface area contributed by atoms with E-state index in [2.05, 4.69) is 10.3 Å². The zero-order valence-electron chi connectivity index (χ0n) is 17.3. The Morgan fingerprint density at radius 3 is 2.37 bits per heavy atom. The van der Waals surface area contributed by atoms with E-state index >= 15 is 0 Å². The third-order valence-corrected chi connectivity index (χ3v) is 7.69. The summed E-state index contributed by atoms with van der Waals surface area (Å²) in [5.74, 6) is -0.120. The lowest BCUT2D eigenvalue weighted by Gasteiger charge is -2.18. The Bertz CT molecular complexity index is 1120. The first-order chi connectivity index (χ1) is 14.3. The van der Waals surface area contributed by atoms with Gasteiger partial charge in [-0.25, -0.2) is 13.4 Å². The molecule has 158 valence electrons. The van der Waals surface area contributed by atoms with Crippen LogP contribution in [-0.2, 0) is 21.2 Å². The van der Waals surface area contributed by atoms with E-state index in [9.17, 15) is 13.2 Å². The number of carbonyl (C=O) groups excluding carboxylic acids is 1. The number of hydrogen-bond donors (Lipinski definition) is 1. The summed E-state index contributed by atoms with van der Waals surface area (Å²) in [7, 11) is -3.48. The lowest BCUT2D eigenvalue weighted by Crippen LogP contribution is -2.30. The summed E-state index contributed by atoms with van der Waals surface area (Å²) in [6.45, 7) is 6.45.